The Morgan fingerprint density at radius 3 is 3.06 bits per heavy atom. The lowest BCUT2D eigenvalue weighted by molar-refractivity contribution is 0.0795. The van der Waals surface area contributed by atoms with Crippen LogP contribution in [0.15, 0.2) is 6.07 Å². The van der Waals surface area contributed by atoms with E-state index in [1.807, 2.05) is 4.90 Å². The molecule has 0 bridgehead atoms. The van der Waals surface area contributed by atoms with Gasteiger partial charge < -0.3 is 10.6 Å². The van der Waals surface area contributed by atoms with Crippen molar-refractivity contribution in [2.75, 3.05) is 13.1 Å². The molecule has 0 unspecified atom stereocenters. The molecule has 1 aromatic heterocycles. The quantitative estimate of drug-likeness (QED) is 0.801. The molecule has 3 nitrogen and oxygen atoms in total. The number of fused-ring (bicyclic) bond motifs is 1. The predicted molar refractivity (Wildman–Crippen MR) is 64.8 cm³/mol. The first-order chi connectivity index (χ1) is 7.74. The lowest BCUT2D eigenvalue weighted by atomic mass is 10.2. The van der Waals surface area contributed by atoms with Crippen molar-refractivity contribution in [1.29, 1.82) is 0 Å². The Hall–Kier alpha value is -0.870. The fraction of sp³-hybridized carbons (Fsp3) is 0.583. The van der Waals surface area contributed by atoms with Gasteiger partial charge in [0.15, 0.2) is 0 Å². The summed E-state index contributed by atoms with van der Waals surface area (Å²) in [5.74, 6) is 0.187. The van der Waals surface area contributed by atoms with Gasteiger partial charge in [0.25, 0.3) is 5.91 Å². The largest absolute Gasteiger partial charge is 0.336 e. The average Bonchev–Trinajstić information content (AvgIpc) is 2.89. The Balaban J connectivity index is 1.79. The first-order valence-corrected chi connectivity index (χ1v) is 6.72. The molecule has 16 heavy (non-hydrogen) atoms. The van der Waals surface area contributed by atoms with Crippen molar-refractivity contribution in [2.24, 2.45) is 5.73 Å². The van der Waals surface area contributed by atoms with Crippen molar-refractivity contribution in [3.05, 3.63) is 21.4 Å². The van der Waals surface area contributed by atoms with Crippen molar-refractivity contribution in [1.82, 2.24) is 4.90 Å². The van der Waals surface area contributed by atoms with Gasteiger partial charge in [-0.1, -0.05) is 0 Å². The molecule has 2 aliphatic rings. The number of thiophene rings is 1. The number of carbonyl (C=O) groups is 1. The highest BCUT2D eigenvalue weighted by molar-refractivity contribution is 7.14. The molecule has 2 N–H and O–H groups in total. The Morgan fingerprint density at radius 1 is 1.50 bits per heavy atom. The van der Waals surface area contributed by atoms with E-state index in [0.717, 1.165) is 37.2 Å². The van der Waals surface area contributed by atoms with E-state index in [0.29, 0.717) is 0 Å². The van der Waals surface area contributed by atoms with Gasteiger partial charge in [0, 0.05) is 24.0 Å². The van der Waals surface area contributed by atoms with Crippen LogP contribution in [0, 0.1) is 0 Å². The molecule has 86 valence electrons. The molecule has 0 aromatic carbocycles. The number of hydrogen-bond acceptors (Lipinski definition) is 3. The molecule has 1 aliphatic carbocycles. The van der Waals surface area contributed by atoms with Gasteiger partial charge in [-0.3, -0.25) is 4.79 Å². The van der Waals surface area contributed by atoms with E-state index >= 15 is 0 Å². The number of hydrogen-bond donors (Lipinski definition) is 1. The van der Waals surface area contributed by atoms with E-state index in [1.54, 1.807) is 11.3 Å². The standard InChI is InChI=1S/C12H16N2OS/c13-9-4-5-14(7-9)12(15)11-6-8-2-1-3-10(8)16-11/h6,9H,1-5,7,13H2/t9-/m1/s1. The number of amides is 1. The van der Waals surface area contributed by atoms with Crippen LogP contribution in [0.4, 0.5) is 0 Å². The van der Waals surface area contributed by atoms with E-state index in [-0.39, 0.29) is 11.9 Å². The van der Waals surface area contributed by atoms with Crippen LogP contribution >= 0.6 is 11.3 Å². The topological polar surface area (TPSA) is 46.3 Å². The molecule has 2 heterocycles. The maximum Gasteiger partial charge on any atom is 0.263 e. The molecule has 0 radical (unpaired) electrons. The molecule has 1 saturated heterocycles. The summed E-state index contributed by atoms with van der Waals surface area (Å²) in [6.07, 6.45) is 4.51. The van der Waals surface area contributed by atoms with Crippen molar-refractivity contribution in [2.45, 2.75) is 31.7 Å². The monoisotopic (exact) mass is 236 g/mol. The van der Waals surface area contributed by atoms with Gasteiger partial charge >= 0.3 is 0 Å². The van der Waals surface area contributed by atoms with Gasteiger partial charge in [-0.2, -0.15) is 0 Å². The summed E-state index contributed by atoms with van der Waals surface area (Å²) in [6, 6.07) is 2.27. The number of carbonyl (C=O) groups excluding carboxylic acids is 1. The van der Waals surface area contributed by atoms with Gasteiger partial charge in [0.1, 0.15) is 0 Å². The second kappa shape index (κ2) is 3.86. The second-order valence-electron chi connectivity index (χ2n) is 4.71. The fourth-order valence-electron chi connectivity index (χ4n) is 2.56. The van der Waals surface area contributed by atoms with Gasteiger partial charge in [-0.05, 0) is 37.3 Å². The van der Waals surface area contributed by atoms with E-state index in [4.69, 9.17) is 5.73 Å². The number of rotatable bonds is 1. The average molecular weight is 236 g/mol. The first-order valence-electron chi connectivity index (χ1n) is 5.90. The van der Waals surface area contributed by atoms with Crippen LogP contribution in [0.25, 0.3) is 0 Å². The van der Waals surface area contributed by atoms with Crippen LogP contribution < -0.4 is 5.73 Å². The molecular formula is C12H16N2OS. The van der Waals surface area contributed by atoms with E-state index < -0.39 is 0 Å². The van der Waals surface area contributed by atoms with Crippen LogP contribution in [-0.2, 0) is 12.8 Å². The zero-order chi connectivity index (χ0) is 11.1. The van der Waals surface area contributed by atoms with E-state index in [2.05, 4.69) is 6.07 Å². The van der Waals surface area contributed by atoms with Crippen molar-refractivity contribution in [3.63, 3.8) is 0 Å². The Kier molecular flexibility index (Phi) is 2.48. The Labute approximate surface area is 99.2 Å². The molecule has 1 amide bonds. The van der Waals surface area contributed by atoms with Crippen LogP contribution in [0.2, 0.25) is 0 Å². The van der Waals surface area contributed by atoms with Crippen molar-refractivity contribution in [3.8, 4) is 0 Å². The third-order valence-electron chi connectivity index (χ3n) is 3.47. The summed E-state index contributed by atoms with van der Waals surface area (Å²) in [7, 11) is 0. The summed E-state index contributed by atoms with van der Waals surface area (Å²) in [5.41, 5.74) is 7.22. The Morgan fingerprint density at radius 2 is 2.38 bits per heavy atom. The Bertz CT molecular complexity index is 405. The highest BCUT2D eigenvalue weighted by atomic mass is 32.1. The van der Waals surface area contributed by atoms with Crippen LogP contribution in [-0.4, -0.2) is 29.9 Å². The third kappa shape index (κ3) is 1.66. The normalized spacial score (nSPS) is 23.8. The summed E-state index contributed by atoms with van der Waals surface area (Å²) in [5, 5.41) is 0. The number of nitrogens with two attached hydrogens (primary N) is 1. The summed E-state index contributed by atoms with van der Waals surface area (Å²) < 4.78 is 0. The predicted octanol–water partition coefficient (Wildman–Crippen LogP) is 1.41. The van der Waals surface area contributed by atoms with Crippen LogP contribution in [0.3, 0.4) is 0 Å². The molecule has 1 aliphatic heterocycles. The lowest BCUT2D eigenvalue weighted by Crippen LogP contribution is -2.31. The second-order valence-corrected chi connectivity index (χ2v) is 5.85. The minimum absolute atomic E-state index is 0.177. The van der Waals surface area contributed by atoms with Crippen LogP contribution in [0.1, 0.15) is 33.0 Å². The first kappa shape index (κ1) is 10.3. The van der Waals surface area contributed by atoms with E-state index in [9.17, 15) is 4.79 Å². The van der Waals surface area contributed by atoms with Gasteiger partial charge in [-0.25, -0.2) is 0 Å². The SMILES string of the molecule is N[C@@H]1CCN(C(=O)c2cc3c(s2)CCC3)C1. The fourth-order valence-corrected chi connectivity index (χ4v) is 3.78. The molecule has 4 heteroatoms. The van der Waals surface area contributed by atoms with Gasteiger partial charge in [0.05, 0.1) is 4.88 Å². The number of likely N-dealkylation sites (tertiary alicyclic amines) is 1. The minimum Gasteiger partial charge on any atom is -0.336 e. The number of aryl methyl sites for hydroxylation is 2. The summed E-state index contributed by atoms with van der Waals surface area (Å²) in [4.78, 5) is 16.4. The van der Waals surface area contributed by atoms with Gasteiger partial charge in [-0.15, -0.1) is 11.3 Å². The van der Waals surface area contributed by atoms with Gasteiger partial charge in [0.2, 0.25) is 0 Å². The maximum atomic E-state index is 12.2. The molecule has 0 saturated carbocycles. The van der Waals surface area contributed by atoms with Crippen molar-refractivity contribution >= 4 is 17.2 Å². The molecule has 3 rings (SSSR count). The maximum absolute atomic E-state index is 12.2. The van der Waals surface area contributed by atoms with Crippen LogP contribution in [0.5, 0.6) is 0 Å². The highest BCUT2D eigenvalue weighted by Crippen LogP contribution is 2.31. The smallest absolute Gasteiger partial charge is 0.263 e. The van der Waals surface area contributed by atoms with Crippen molar-refractivity contribution < 1.29 is 4.79 Å². The molecule has 1 atom stereocenters. The summed E-state index contributed by atoms with van der Waals surface area (Å²) >= 11 is 1.69. The minimum atomic E-state index is 0.177. The molecule has 1 aromatic rings. The highest BCUT2D eigenvalue weighted by Gasteiger charge is 2.27. The lowest BCUT2D eigenvalue weighted by Gasteiger charge is -2.14. The number of nitrogens with zero attached hydrogens (tertiary/aromatic N) is 1. The zero-order valence-electron chi connectivity index (χ0n) is 9.24. The van der Waals surface area contributed by atoms with E-state index in [1.165, 1.54) is 16.9 Å². The third-order valence-corrected chi connectivity index (χ3v) is 4.69. The molecule has 1 fully saturated rings. The zero-order valence-corrected chi connectivity index (χ0v) is 10.1. The molecular weight excluding hydrogens is 220 g/mol. The molecule has 0 spiro atoms. The summed E-state index contributed by atoms with van der Waals surface area (Å²) in [6.45, 7) is 1.55.